The van der Waals surface area contributed by atoms with E-state index in [4.69, 9.17) is 13.9 Å². The summed E-state index contributed by atoms with van der Waals surface area (Å²) in [6.07, 6.45) is 4.78. The Morgan fingerprint density at radius 1 is 1.24 bits per heavy atom. The minimum absolute atomic E-state index is 0.106. The Kier molecular flexibility index (Phi) is 7.47. The van der Waals surface area contributed by atoms with Gasteiger partial charge in [-0.2, -0.15) is 0 Å². The van der Waals surface area contributed by atoms with E-state index < -0.39 is 0 Å². The van der Waals surface area contributed by atoms with Crippen LogP contribution in [0.5, 0.6) is 11.5 Å². The summed E-state index contributed by atoms with van der Waals surface area (Å²) in [7, 11) is 3.21. The molecule has 0 bridgehead atoms. The van der Waals surface area contributed by atoms with Crippen molar-refractivity contribution in [1.29, 1.82) is 0 Å². The zero-order valence-electron chi connectivity index (χ0n) is 17.6. The minimum Gasteiger partial charge on any atom is -0.493 e. The number of carbonyl (C=O) groups is 1. The Bertz CT molecular complexity index is 836. The van der Waals surface area contributed by atoms with Crippen molar-refractivity contribution in [1.82, 2.24) is 10.3 Å². The smallest absolute Gasteiger partial charge is 0.230 e. The SMILES string of the molecule is COc1ccc(-c2nc(CSCC(=O)N[C@@H]3CCCC[C@@H]3C)c(C)o2)cc1OC. The molecule has 1 saturated carbocycles. The predicted molar refractivity (Wildman–Crippen MR) is 116 cm³/mol. The summed E-state index contributed by atoms with van der Waals surface area (Å²) < 4.78 is 16.5. The lowest BCUT2D eigenvalue weighted by Gasteiger charge is -2.29. The molecule has 1 aliphatic rings. The number of aromatic nitrogens is 1. The lowest BCUT2D eigenvalue weighted by atomic mass is 9.86. The van der Waals surface area contributed by atoms with Gasteiger partial charge in [0.15, 0.2) is 11.5 Å². The topological polar surface area (TPSA) is 73.6 Å². The molecule has 6 nitrogen and oxygen atoms in total. The average molecular weight is 419 g/mol. The van der Waals surface area contributed by atoms with E-state index in [-0.39, 0.29) is 5.91 Å². The summed E-state index contributed by atoms with van der Waals surface area (Å²) in [5, 5.41) is 3.19. The second-order valence-corrected chi connectivity index (χ2v) is 8.51. The van der Waals surface area contributed by atoms with Crippen LogP contribution in [0.15, 0.2) is 22.6 Å². The maximum atomic E-state index is 12.3. The molecule has 2 atom stereocenters. The van der Waals surface area contributed by atoms with Gasteiger partial charge in [0.1, 0.15) is 5.76 Å². The number of aryl methyl sites for hydroxylation is 1. The van der Waals surface area contributed by atoms with Crippen LogP contribution in [-0.2, 0) is 10.5 Å². The number of benzene rings is 1. The first-order valence-electron chi connectivity index (χ1n) is 10.1. The molecule has 2 aromatic rings. The summed E-state index contributed by atoms with van der Waals surface area (Å²) in [4.78, 5) is 16.9. The van der Waals surface area contributed by atoms with Gasteiger partial charge in [0.25, 0.3) is 0 Å². The number of hydrogen-bond donors (Lipinski definition) is 1. The second-order valence-electron chi connectivity index (χ2n) is 7.52. The fraction of sp³-hybridized carbons (Fsp3) is 0.545. The lowest BCUT2D eigenvalue weighted by molar-refractivity contribution is -0.119. The van der Waals surface area contributed by atoms with Crippen molar-refractivity contribution < 1.29 is 18.7 Å². The first kappa shape index (κ1) is 21.6. The van der Waals surface area contributed by atoms with Gasteiger partial charge < -0.3 is 19.2 Å². The van der Waals surface area contributed by atoms with Crippen LogP contribution in [0.2, 0.25) is 0 Å². The molecule has 1 aromatic heterocycles. The van der Waals surface area contributed by atoms with Crippen LogP contribution in [-0.4, -0.2) is 36.9 Å². The molecule has 7 heteroatoms. The highest BCUT2D eigenvalue weighted by Gasteiger charge is 2.22. The van der Waals surface area contributed by atoms with Gasteiger partial charge in [0.2, 0.25) is 11.8 Å². The Hall–Kier alpha value is -2.15. The number of oxazole rings is 1. The fourth-order valence-corrected chi connectivity index (χ4v) is 4.51. The molecule has 0 radical (unpaired) electrons. The van der Waals surface area contributed by atoms with Gasteiger partial charge >= 0.3 is 0 Å². The molecule has 0 spiro atoms. The lowest BCUT2D eigenvalue weighted by Crippen LogP contribution is -2.41. The van der Waals surface area contributed by atoms with Crippen LogP contribution in [0, 0.1) is 12.8 Å². The number of methoxy groups -OCH3 is 2. The predicted octanol–water partition coefficient (Wildman–Crippen LogP) is 4.60. The van der Waals surface area contributed by atoms with Gasteiger partial charge in [0, 0.05) is 17.4 Å². The molecule has 158 valence electrons. The molecule has 1 aromatic carbocycles. The quantitative estimate of drug-likeness (QED) is 0.676. The number of ether oxygens (including phenoxy) is 2. The first-order valence-corrected chi connectivity index (χ1v) is 11.2. The highest BCUT2D eigenvalue weighted by Crippen LogP contribution is 2.33. The molecule has 1 heterocycles. The summed E-state index contributed by atoms with van der Waals surface area (Å²) in [5.41, 5.74) is 1.68. The molecule has 1 N–H and O–H groups in total. The number of amides is 1. The molecule has 0 unspecified atom stereocenters. The number of thioether (sulfide) groups is 1. The van der Waals surface area contributed by atoms with Crippen LogP contribution in [0.4, 0.5) is 0 Å². The summed E-state index contributed by atoms with van der Waals surface area (Å²) in [6, 6.07) is 5.89. The summed E-state index contributed by atoms with van der Waals surface area (Å²) in [6.45, 7) is 4.13. The van der Waals surface area contributed by atoms with Crippen LogP contribution < -0.4 is 14.8 Å². The third-order valence-electron chi connectivity index (χ3n) is 5.45. The number of nitrogens with one attached hydrogen (secondary N) is 1. The highest BCUT2D eigenvalue weighted by atomic mass is 32.2. The minimum atomic E-state index is 0.106. The molecule has 0 saturated heterocycles. The fourth-order valence-electron chi connectivity index (χ4n) is 3.67. The van der Waals surface area contributed by atoms with E-state index in [0.29, 0.717) is 40.9 Å². The monoisotopic (exact) mass is 418 g/mol. The second kappa shape index (κ2) is 10.1. The molecule has 3 rings (SSSR count). The van der Waals surface area contributed by atoms with Gasteiger partial charge in [-0.15, -0.1) is 11.8 Å². The van der Waals surface area contributed by atoms with Crippen molar-refractivity contribution in [2.24, 2.45) is 5.92 Å². The number of hydrogen-bond acceptors (Lipinski definition) is 6. The van der Waals surface area contributed by atoms with E-state index >= 15 is 0 Å². The van der Waals surface area contributed by atoms with Crippen LogP contribution in [0.1, 0.15) is 44.1 Å². The largest absolute Gasteiger partial charge is 0.493 e. The third kappa shape index (κ3) is 5.47. The van der Waals surface area contributed by atoms with Gasteiger partial charge in [0.05, 0.1) is 25.7 Å². The standard InChI is InChI=1S/C22H30N2O4S/c1-14-7-5-6-8-17(14)23-21(25)13-29-12-18-15(2)28-22(24-18)16-9-10-19(26-3)20(11-16)27-4/h9-11,14,17H,5-8,12-13H2,1-4H3,(H,23,25)/t14-,17+/m0/s1. The Balaban J connectivity index is 1.56. The molecule has 29 heavy (non-hydrogen) atoms. The van der Waals surface area contributed by atoms with E-state index in [1.807, 2.05) is 25.1 Å². The third-order valence-corrected chi connectivity index (χ3v) is 6.40. The van der Waals surface area contributed by atoms with Crippen molar-refractivity contribution >= 4 is 17.7 Å². The molecule has 1 aliphatic carbocycles. The molecule has 0 aliphatic heterocycles. The number of rotatable bonds is 8. The normalized spacial score (nSPS) is 19.0. The van der Waals surface area contributed by atoms with Crippen LogP contribution in [0.25, 0.3) is 11.5 Å². The average Bonchev–Trinajstić information content (AvgIpc) is 3.09. The van der Waals surface area contributed by atoms with Gasteiger partial charge in [-0.3, -0.25) is 4.79 Å². The summed E-state index contributed by atoms with van der Waals surface area (Å²) >= 11 is 1.56. The zero-order chi connectivity index (χ0) is 20.8. The summed E-state index contributed by atoms with van der Waals surface area (Å²) in [5.74, 6) is 4.34. The molecular weight excluding hydrogens is 388 g/mol. The highest BCUT2D eigenvalue weighted by molar-refractivity contribution is 7.99. The van der Waals surface area contributed by atoms with Crippen LogP contribution in [0.3, 0.4) is 0 Å². The van der Waals surface area contributed by atoms with E-state index in [1.165, 1.54) is 19.3 Å². The maximum Gasteiger partial charge on any atom is 0.230 e. The van der Waals surface area contributed by atoms with E-state index in [2.05, 4.69) is 17.2 Å². The van der Waals surface area contributed by atoms with Gasteiger partial charge in [-0.1, -0.05) is 19.8 Å². The van der Waals surface area contributed by atoms with E-state index in [9.17, 15) is 4.79 Å². The Morgan fingerprint density at radius 3 is 2.72 bits per heavy atom. The van der Waals surface area contributed by atoms with Gasteiger partial charge in [-0.05, 0) is 43.9 Å². The maximum absolute atomic E-state index is 12.3. The molecule has 1 fully saturated rings. The van der Waals surface area contributed by atoms with E-state index in [1.54, 1.807) is 26.0 Å². The first-order chi connectivity index (χ1) is 14.0. The Labute approximate surface area is 176 Å². The Morgan fingerprint density at radius 2 is 2.00 bits per heavy atom. The van der Waals surface area contributed by atoms with Crippen molar-refractivity contribution in [3.63, 3.8) is 0 Å². The van der Waals surface area contributed by atoms with Crippen molar-refractivity contribution in [2.75, 3.05) is 20.0 Å². The van der Waals surface area contributed by atoms with Crippen molar-refractivity contribution in [2.45, 2.75) is 51.3 Å². The van der Waals surface area contributed by atoms with Crippen LogP contribution >= 0.6 is 11.8 Å². The van der Waals surface area contributed by atoms with Gasteiger partial charge in [-0.25, -0.2) is 4.98 Å². The number of nitrogens with zero attached hydrogens (tertiary/aromatic N) is 1. The van der Waals surface area contributed by atoms with Crippen molar-refractivity contribution in [3.8, 4) is 23.0 Å². The molecular formula is C22H30N2O4S. The van der Waals surface area contributed by atoms with Crippen molar-refractivity contribution in [3.05, 3.63) is 29.7 Å². The van der Waals surface area contributed by atoms with E-state index in [0.717, 1.165) is 23.4 Å². The zero-order valence-corrected chi connectivity index (χ0v) is 18.4. The number of carbonyl (C=O) groups excluding carboxylic acids is 1. The molecule has 1 amide bonds.